The van der Waals surface area contributed by atoms with Crippen LogP contribution in [0.1, 0.15) is 18.2 Å². The van der Waals surface area contributed by atoms with Crippen molar-refractivity contribution in [3.05, 3.63) is 41.7 Å². The minimum Gasteiger partial charge on any atom is -0.484 e. The van der Waals surface area contributed by atoms with Crippen molar-refractivity contribution < 1.29 is 14.1 Å². The highest BCUT2D eigenvalue weighted by molar-refractivity contribution is 5.90. The number of hydrogen-bond donors (Lipinski definition) is 1. The molecule has 0 saturated carbocycles. The van der Waals surface area contributed by atoms with E-state index in [9.17, 15) is 4.79 Å². The summed E-state index contributed by atoms with van der Waals surface area (Å²) in [6.45, 7) is 3.79. The fraction of sp³-hybridized carbons (Fsp3) is 0.286. The Labute approximate surface area is 111 Å². The van der Waals surface area contributed by atoms with Crippen LogP contribution in [-0.2, 0) is 11.2 Å². The predicted octanol–water partition coefficient (Wildman–Crippen LogP) is 2.56. The standard InChI is InChI=1S/C14H16N2O3/c1-3-11-4-6-12(7-5-11)18-9-14(17)15-13-8-10(2)19-16-13/h4-8H,3,9H2,1-2H3,(H,15,16,17). The van der Waals surface area contributed by atoms with Gasteiger partial charge in [-0.1, -0.05) is 24.2 Å². The van der Waals surface area contributed by atoms with Gasteiger partial charge >= 0.3 is 0 Å². The molecule has 5 heteroatoms. The molecule has 0 atom stereocenters. The largest absolute Gasteiger partial charge is 0.484 e. The second-order valence-corrected chi connectivity index (χ2v) is 4.16. The predicted molar refractivity (Wildman–Crippen MR) is 71.2 cm³/mol. The Morgan fingerprint density at radius 1 is 1.37 bits per heavy atom. The van der Waals surface area contributed by atoms with E-state index in [0.29, 0.717) is 17.3 Å². The number of rotatable bonds is 5. The molecule has 1 aromatic heterocycles. The second kappa shape index (κ2) is 6.04. The third-order valence-electron chi connectivity index (χ3n) is 2.60. The number of nitrogens with zero attached hydrogens (tertiary/aromatic N) is 1. The first-order chi connectivity index (χ1) is 9.17. The molecule has 100 valence electrons. The fourth-order valence-corrected chi connectivity index (χ4v) is 1.57. The van der Waals surface area contributed by atoms with E-state index in [2.05, 4.69) is 17.4 Å². The lowest BCUT2D eigenvalue weighted by atomic mass is 10.2. The summed E-state index contributed by atoms with van der Waals surface area (Å²) >= 11 is 0. The maximum absolute atomic E-state index is 11.6. The van der Waals surface area contributed by atoms with E-state index in [4.69, 9.17) is 9.26 Å². The van der Waals surface area contributed by atoms with Gasteiger partial charge in [-0.3, -0.25) is 4.79 Å². The molecule has 0 aliphatic carbocycles. The van der Waals surface area contributed by atoms with Crippen LogP contribution in [0.5, 0.6) is 5.75 Å². The van der Waals surface area contributed by atoms with Crippen molar-refractivity contribution >= 4 is 11.7 Å². The minimum absolute atomic E-state index is 0.0582. The van der Waals surface area contributed by atoms with E-state index in [1.54, 1.807) is 13.0 Å². The van der Waals surface area contributed by atoms with Gasteiger partial charge in [0.05, 0.1) is 0 Å². The molecule has 1 aromatic carbocycles. The van der Waals surface area contributed by atoms with Crippen LogP contribution in [0.15, 0.2) is 34.9 Å². The average Bonchev–Trinajstić information content (AvgIpc) is 2.82. The summed E-state index contributed by atoms with van der Waals surface area (Å²) in [7, 11) is 0. The molecule has 1 N–H and O–H groups in total. The summed E-state index contributed by atoms with van der Waals surface area (Å²) in [4.78, 5) is 11.6. The molecular weight excluding hydrogens is 244 g/mol. The zero-order valence-corrected chi connectivity index (χ0v) is 11.0. The number of anilines is 1. The number of carbonyl (C=O) groups excluding carboxylic acids is 1. The van der Waals surface area contributed by atoms with Gasteiger partial charge in [0, 0.05) is 6.07 Å². The summed E-state index contributed by atoms with van der Waals surface area (Å²) in [5, 5.41) is 6.26. The SMILES string of the molecule is CCc1ccc(OCC(=O)Nc2cc(C)on2)cc1. The van der Waals surface area contributed by atoms with E-state index in [1.165, 1.54) is 5.56 Å². The second-order valence-electron chi connectivity index (χ2n) is 4.16. The molecule has 2 aromatic rings. The Morgan fingerprint density at radius 2 is 2.11 bits per heavy atom. The van der Waals surface area contributed by atoms with Crippen molar-refractivity contribution in [3.63, 3.8) is 0 Å². The molecule has 0 aliphatic rings. The Kier molecular flexibility index (Phi) is 4.18. The van der Waals surface area contributed by atoms with Crippen LogP contribution < -0.4 is 10.1 Å². The highest BCUT2D eigenvalue weighted by Gasteiger charge is 2.06. The Bertz CT molecular complexity index is 546. The summed E-state index contributed by atoms with van der Waals surface area (Å²) in [6, 6.07) is 9.31. The van der Waals surface area contributed by atoms with Gasteiger partial charge in [0.1, 0.15) is 11.5 Å². The lowest BCUT2D eigenvalue weighted by Gasteiger charge is -2.06. The molecule has 19 heavy (non-hydrogen) atoms. The van der Waals surface area contributed by atoms with Crippen molar-refractivity contribution in [2.24, 2.45) is 0 Å². The quantitative estimate of drug-likeness (QED) is 0.897. The van der Waals surface area contributed by atoms with Gasteiger partial charge in [-0.25, -0.2) is 0 Å². The van der Waals surface area contributed by atoms with Gasteiger partial charge in [0.15, 0.2) is 12.4 Å². The molecule has 0 bridgehead atoms. The molecule has 0 saturated heterocycles. The first-order valence-corrected chi connectivity index (χ1v) is 6.12. The number of aromatic nitrogens is 1. The third-order valence-corrected chi connectivity index (χ3v) is 2.60. The molecule has 0 radical (unpaired) electrons. The summed E-state index contributed by atoms with van der Waals surface area (Å²) < 4.78 is 10.2. The first-order valence-electron chi connectivity index (χ1n) is 6.12. The lowest BCUT2D eigenvalue weighted by molar-refractivity contribution is -0.118. The minimum atomic E-state index is -0.270. The Balaban J connectivity index is 1.82. The van der Waals surface area contributed by atoms with Crippen LogP contribution in [0.3, 0.4) is 0 Å². The molecule has 1 heterocycles. The number of carbonyl (C=O) groups is 1. The van der Waals surface area contributed by atoms with Crippen molar-refractivity contribution in [1.29, 1.82) is 0 Å². The molecule has 0 fully saturated rings. The fourth-order valence-electron chi connectivity index (χ4n) is 1.57. The van der Waals surface area contributed by atoms with E-state index in [1.807, 2.05) is 24.3 Å². The summed E-state index contributed by atoms with van der Waals surface area (Å²) in [6.07, 6.45) is 0.978. The van der Waals surface area contributed by atoms with Crippen LogP contribution in [0, 0.1) is 6.92 Å². The number of hydrogen-bond acceptors (Lipinski definition) is 4. The van der Waals surface area contributed by atoms with Crippen LogP contribution in [0.25, 0.3) is 0 Å². The lowest BCUT2D eigenvalue weighted by Crippen LogP contribution is -2.20. The molecule has 1 amide bonds. The van der Waals surface area contributed by atoms with Gasteiger partial charge in [-0.2, -0.15) is 0 Å². The molecule has 0 aliphatic heterocycles. The van der Waals surface area contributed by atoms with Crippen LogP contribution in [-0.4, -0.2) is 17.7 Å². The maximum Gasteiger partial charge on any atom is 0.263 e. The first kappa shape index (κ1) is 13.1. The van der Waals surface area contributed by atoms with Gasteiger partial charge < -0.3 is 14.6 Å². The third kappa shape index (κ3) is 3.84. The van der Waals surface area contributed by atoms with E-state index in [0.717, 1.165) is 6.42 Å². The number of benzene rings is 1. The smallest absolute Gasteiger partial charge is 0.263 e. The van der Waals surface area contributed by atoms with E-state index in [-0.39, 0.29) is 12.5 Å². The average molecular weight is 260 g/mol. The van der Waals surface area contributed by atoms with Gasteiger partial charge in [0.25, 0.3) is 5.91 Å². The van der Waals surface area contributed by atoms with Gasteiger partial charge in [-0.15, -0.1) is 0 Å². The van der Waals surface area contributed by atoms with Gasteiger partial charge in [-0.05, 0) is 31.0 Å². The summed E-state index contributed by atoms with van der Waals surface area (Å²) in [5.41, 5.74) is 1.23. The monoisotopic (exact) mass is 260 g/mol. The zero-order chi connectivity index (χ0) is 13.7. The topological polar surface area (TPSA) is 64.4 Å². The van der Waals surface area contributed by atoms with Crippen LogP contribution in [0.2, 0.25) is 0 Å². The number of amides is 1. The Morgan fingerprint density at radius 3 is 2.68 bits per heavy atom. The maximum atomic E-state index is 11.6. The highest BCUT2D eigenvalue weighted by Crippen LogP contribution is 2.12. The normalized spacial score (nSPS) is 10.2. The molecule has 0 unspecified atom stereocenters. The zero-order valence-electron chi connectivity index (χ0n) is 11.0. The van der Waals surface area contributed by atoms with E-state index >= 15 is 0 Å². The molecule has 5 nitrogen and oxygen atoms in total. The number of nitrogens with one attached hydrogen (secondary N) is 1. The van der Waals surface area contributed by atoms with Crippen molar-refractivity contribution in [1.82, 2.24) is 5.16 Å². The summed E-state index contributed by atoms with van der Waals surface area (Å²) in [5.74, 6) is 1.44. The van der Waals surface area contributed by atoms with Crippen molar-refractivity contribution in [2.45, 2.75) is 20.3 Å². The molecule has 2 rings (SSSR count). The molecular formula is C14H16N2O3. The van der Waals surface area contributed by atoms with Crippen LogP contribution >= 0.6 is 0 Å². The van der Waals surface area contributed by atoms with Gasteiger partial charge in [0.2, 0.25) is 0 Å². The van der Waals surface area contributed by atoms with E-state index < -0.39 is 0 Å². The number of aryl methyl sites for hydroxylation is 2. The highest BCUT2D eigenvalue weighted by atomic mass is 16.5. The van der Waals surface area contributed by atoms with Crippen molar-refractivity contribution in [2.75, 3.05) is 11.9 Å². The Hall–Kier alpha value is -2.30. The molecule has 0 spiro atoms. The van der Waals surface area contributed by atoms with Crippen molar-refractivity contribution in [3.8, 4) is 5.75 Å². The number of ether oxygens (including phenoxy) is 1. The van der Waals surface area contributed by atoms with Crippen LogP contribution in [0.4, 0.5) is 5.82 Å².